The van der Waals surface area contributed by atoms with Crippen molar-refractivity contribution in [1.29, 1.82) is 0 Å². The number of carbonyl (C=O) groups is 1. The first-order valence-electron chi connectivity index (χ1n) is 5.35. The molecule has 1 saturated heterocycles. The highest BCUT2D eigenvalue weighted by Crippen LogP contribution is 2.08. The molecule has 0 unspecified atom stereocenters. The Hall–Kier alpha value is -1.49. The van der Waals surface area contributed by atoms with Gasteiger partial charge in [0, 0.05) is 12.7 Å². The summed E-state index contributed by atoms with van der Waals surface area (Å²) in [6.07, 6.45) is 2.36. The number of hydrogen-bond acceptors (Lipinski definition) is 3. The van der Waals surface area contributed by atoms with Gasteiger partial charge in [0.1, 0.15) is 5.82 Å². The van der Waals surface area contributed by atoms with Crippen LogP contribution in [0.4, 0.5) is 4.39 Å². The van der Waals surface area contributed by atoms with Crippen molar-refractivity contribution in [1.82, 2.24) is 15.6 Å². The third kappa shape index (κ3) is 2.55. The van der Waals surface area contributed by atoms with Crippen LogP contribution < -0.4 is 10.6 Å². The molecular formula is C11H14FN3O. The summed E-state index contributed by atoms with van der Waals surface area (Å²) >= 11 is 0. The van der Waals surface area contributed by atoms with E-state index in [1.54, 1.807) is 0 Å². The summed E-state index contributed by atoms with van der Waals surface area (Å²) in [5.74, 6) is -0.408. The fourth-order valence-corrected chi connectivity index (χ4v) is 1.74. The maximum atomic E-state index is 13.2. The highest BCUT2D eigenvalue weighted by atomic mass is 19.1. The highest BCUT2D eigenvalue weighted by Gasteiger charge is 2.22. The topological polar surface area (TPSA) is 54.0 Å². The summed E-state index contributed by atoms with van der Waals surface area (Å²) in [6.45, 7) is 1.73. The van der Waals surface area contributed by atoms with Crippen molar-refractivity contribution in [2.45, 2.75) is 13.0 Å². The summed E-state index contributed by atoms with van der Waals surface area (Å²) in [5.41, 5.74) is 0.279. The lowest BCUT2D eigenvalue weighted by atomic mass is 10.1. The summed E-state index contributed by atoms with van der Waals surface area (Å²) in [6, 6.07) is 2.87. The lowest BCUT2D eigenvalue weighted by molar-refractivity contribution is -0.124. The average Bonchev–Trinajstić information content (AvgIpc) is 2.81. The molecule has 2 N–H and O–H groups in total. The van der Waals surface area contributed by atoms with E-state index >= 15 is 0 Å². The molecular weight excluding hydrogens is 209 g/mol. The van der Waals surface area contributed by atoms with Gasteiger partial charge in [0.25, 0.3) is 0 Å². The molecule has 1 aliphatic rings. The van der Waals surface area contributed by atoms with Crippen LogP contribution in [0.3, 0.4) is 0 Å². The number of nitrogens with one attached hydrogen (secondary N) is 2. The van der Waals surface area contributed by atoms with Crippen LogP contribution in [-0.2, 0) is 11.3 Å². The van der Waals surface area contributed by atoms with Crippen molar-refractivity contribution in [3.05, 3.63) is 29.8 Å². The first-order chi connectivity index (χ1) is 7.77. The van der Waals surface area contributed by atoms with E-state index in [2.05, 4.69) is 15.6 Å². The zero-order valence-electron chi connectivity index (χ0n) is 8.87. The Morgan fingerprint density at radius 2 is 2.56 bits per heavy atom. The molecule has 2 heterocycles. The largest absolute Gasteiger partial charge is 0.350 e. The van der Waals surface area contributed by atoms with E-state index in [0.29, 0.717) is 6.54 Å². The van der Waals surface area contributed by atoms with Crippen LogP contribution in [0.15, 0.2) is 18.3 Å². The van der Waals surface area contributed by atoms with Crippen LogP contribution in [0, 0.1) is 11.7 Å². The van der Waals surface area contributed by atoms with Gasteiger partial charge in [-0.2, -0.15) is 0 Å². The van der Waals surface area contributed by atoms with Crippen LogP contribution in [0.1, 0.15) is 12.1 Å². The molecule has 5 heteroatoms. The van der Waals surface area contributed by atoms with Crippen molar-refractivity contribution >= 4 is 5.91 Å². The van der Waals surface area contributed by atoms with Gasteiger partial charge in [0.05, 0.1) is 18.2 Å². The van der Waals surface area contributed by atoms with Gasteiger partial charge < -0.3 is 10.6 Å². The maximum absolute atomic E-state index is 13.2. The van der Waals surface area contributed by atoms with Crippen LogP contribution in [0.2, 0.25) is 0 Å². The number of hydrogen-bond donors (Lipinski definition) is 2. The fraction of sp³-hybridized carbons (Fsp3) is 0.455. The van der Waals surface area contributed by atoms with E-state index in [9.17, 15) is 9.18 Å². The van der Waals surface area contributed by atoms with Crippen molar-refractivity contribution in [2.24, 2.45) is 5.92 Å². The molecule has 0 aliphatic carbocycles. The van der Waals surface area contributed by atoms with E-state index in [0.717, 1.165) is 13.0 Å². The van der Waals surface area contributed by atoms with E-state index in [-0.39, 0.29) is 29.9 Å². The molecule has 1 fully saturated rings. The lowest BCUT2D eigenvalue weighted by Crippen LogP contribution is -2.31. The number of amides is 1. The van der Waals surface area contributed by atoms with E-state index in [1.807, 2.05) is 0 Å². The van der Waals surface area contributed by atoms with Gasteiger partial charge in [-0.15, -0.1) is 0 Å². The second kappa shape index (κ2) is 5.03. The minimum Gasteiger partial charge on any atom is -0.350 e. The Labute approximate surface area is 93.3 Å². The minimum atomic E-state index is -0.382. The van der Waals surface area contributed by atoms with Gasteiger partial charge in [0.2, 0.25) is 5.91 Å². The minimum absolute atomic E-state index is 0.00627. The lowest BCUT2D eigenvalue weighted by Gasteiger charge is -2.09. The summed E-state index contributed by atoms with van der Waals surface area (Å²) in [5, 5.41) is 5.81. The molecule has 0 spiro atoms. The SMILES string of the molecule is O=C(NCc1ncccc1F)[C@H]1CCNC1. The quantitative estimate of drug-likeness (QED) is 0.782. The zero-order chi connectivity index (χ0) is 11.4. The van der Waals surface area contributed by atoms with E-state index in [4.69, 9.17) is 0 Å². The maximum Gasteiger partial charge on any atom is 0.224 e. The van der Waals surface area contributed by atoms with Gasteiger partial charge in [0.15, 0.2) is 0 Å². The molecule has 86 valence electrons. The van der Waals surface area contributed by atoms with Gasteiger partial charge in [-0.05, 0) is 25.1 Å². The monoisotopic (exact) mass is 223 g/mol. The molecule has 1 aliphatic heterocycles. The summed E-state index contributed by atoms with van der Waals surface area (Å²) in [4.78, 5) is 15.5. The van der Waals surface area contributed by atoms with Gasteiger partial charge in [-0.25, -0.2) is 4.39 Å². The smallest absolute Gasteiger partial charge is 0.224 e. The zero-order valence-corrected chi connectivity index (χ0v) is 8.87. The Morgan fingerprint density at radius 3 is 3.25 bits per heavy atom. The molecule has 0 aromatic carbocycles. The number of aromatic nitrogens is 1. The summed E-state index contributed by atoms with van der Waals surface area (Å²) < 4.78 is 13.2. The molecule has 4 nitrogen and oxygen atoms in total. The molecule has 0 saturated carbocycles. The number of nitrogens with zero attached hydrogens (tertiary/aromatic N) is 1. The van der Waals surface area contributed by atoms with Gasteiger partial charge >= 0.3 is 0 Å². The van der Waals surface area contributed by atoms with Crippen molar-refractivity contribution in [3.8, 4) is 0 Å². The van der Waals surface area contributed by atoms with E-state index < -0.39 is 0 Å². The molecule has 1 atom stereocenters. The van der Waals surface area contributed by atoms with E-state index in [1.165, 1.54) is 18.3 Å². The van der Waals surface area contributed by atoms with Gasteiger partial charge in [-0.1, -0.05) is 0 Å². The standard InChI is InChI=1S/C11H14FN3O/c12-9-2-1-4-14-10(9)7-15-11(16)8-3-5-13-6-8/h1-2,4,8,13H,3,5-7H2,(H,15,16)/t8-/m0/s1. The fourth-order valence-electron chi connectivity index (χ4n) is 1.74. The molecule has 0 bridgehead atoms. The predicted octanol–water partition coefficient (Wildman–Crippen LogP) is 0.446. The third-order valence-corrected chi connectivity index (χ3v) is 2.70. The first-order valence-corrected chi connectivity index (χ1v) is 5.35. The predicted molar refractivity (Wildman–Crippen MR) is 57.0 cm³/mol. The Bertz CT molecular complexity index is 377. The number of pyridine rings is 1. The molecule has 1 aromatic rings. The third-order valence-electron chi connectivity index (χ3n) is 2.70. The molecule has 0 radical (unpaired) electrons. The molecule has 1 aromatic heterocycles. The number of halogens is 1. The molecule has 1 amide bonds. The van der Waals surface area contributed by atoms with Crippen LogP contribution in [0.25, 0.3) is 0 Å². The van der Waals surface area contributed by atoms with Crippen molar-refractivity contribution in [2.75, 3.05) is 13.1 Å². The van der Waals surface area contributed by atoms with Crippen molar-refractivity contribution in [3.63, 3.8) is 0 Å². The Morgan fingerprint density at radius 1 is 1.69 bits per heavy atom. The Balaban J connectivity index is 1.87. The highest BCUT2D eigenvalue weighted by molar-refractivity contribution is 5.79. The second-order valence-electron chi connectivity index (χ2n) is 3.84. The summed E-state index contributed by atoms with van der Waals surface area (Å²) in [7, 11) is 0. The molecule has 2 rings (SSSR count). The van der Waals surface area contributed by atoms with Crippen molar-refractivity contribution < 1.29 is 9.18 Å². The molecule has 16 heavy (non-hydrogen) atoms. The van der Waals surface area contributed by atoms with Gasteiger partial charge in [-0.3, -0.25) is 9.78 Å². The van der Waals surface area contributed by atoms with Crippen LogP contribution in [0.5, 0.6) is 0 Å². The number of rotatable bonds is 3. The Kier molecular flexibility index (Phi) is 3.46. The first kappa shape index (κ1) is 11.0. The number of carbonyl (C=O) groups excluding carboxylic acids is 1. The van der Waals surface area contributed by atoms with Crippen LogP contribution >= 0.6 is 0 Å². The second-order valence-corrected chi connectivity index (χ2v) is 3.84. The average molecular weight is 223 g/mol. The normalized spacial score (nSPS) is 19.7. The van der Waals surface area contributed by atoms with Crippen LogP contribution in [-0.4, -0.2) is 24.0 Å².